The Kier molecular flexibility index (Phi) is 2.07. The zero-order chi connectivity index (χ0) is 11.3. The van der Waals surface area contributed by atoms with Crippen molar-refractivity contribution in [3.8, 4) is 0 Å². The summed E-state index contributed by atoms with van der Waals surface area (Å²) in [6.07, 6.45) is 0. The maximum absolute atomic E-state index is 11.6. The highest BCUT2D eigenvalue weighted by atomic mass is 16.2. The van der Waals surface area contributed by atoms with E-state index in [1.165, 1.54) is 0 Å². The van der Waals surface area contributed by atoms with Crippen LogP contribution in [0.1, 0.15) is 20.7 Å². The molecule has 0 saturated carbocycles. The van der Waals surface area contributed by atoms with E-state index in [1.54, 1.807) is 0 Å². The van der Waals surface area contributed by atoms with Gasteiger partial charge in [-0.05, 0) is 0 Å². The lowest BCUT2D eigenvalue weighted by Crippen LogP contribution is -2.50. The predicted molar refractivity (Wildman–Crippen MR) is 71.0 cm³/mol. The topological polar surface area (TPSA) is 46.2 Å². The Morgan fingerprint density at radius 1 is 0.667 bits per heavy atom. The summed E-state index contributed by atoms with van der Waals surface area (Å²) in [5, 5.41) is 2.34. The summed E-state index contributed by atoms with van der Waals surface area (Å²) >= 11 is 0. The minimum atomic E-state index is -0.265. The summed E-state index contributed by atoms with van der Waals surface area (Å²) in [5.41, 5.74) is 5.13. The normalized spacial score (nSPS) is 13.9. The van der Waals surface area contributed by atoms with E-state index in [-0.39, 0.29) is 11.8 Å². The fourth-order valence-corrected chi connectivity index (χ4v) is 2.11. The molecule has 1 aliphatic rings. The Bertz CT molecular complexity index is 467. The van der Waals surface area contributed by atoms with Crippen LogP contribution < -0.4 is 27.2 Å². The van der Waals surface area contributed by atoms with Crippen LogP contribution in [-0.4, -0.2) is 43.2 Å². The van der Waals surface area contributed by atoms with E-state index < -0.39 is 0 Å². The minimum absolute atomic E-state index is 0.265. The molecular weight excluding hydrogens is 185 g/mol. The number of amides is 2. The van der Waals surface area contributed by atoms with Crippen LogP contribution in [0, 0.1) is 0 Å². The molecule has 15 heavy (non-hydrogen) atoms. The van der Waals surface area contributed by atoms with Crippen molar-refractivity contribution in [2.45, 2.75) is 0 Å². The third-order valence-electron chi connectivity index (χ3n) is 3.37. The molecule has 2 rings (SSSR count). The summed E-state index contributed by atoms with van der Waals surface area (Å²) in [6, 6.07) is 0. The van der Waals surface area contributed by atoms with Crippen molar-refractivity contribution in [2.75, 3.05) is 0 Å². The summed E-state index contributed by atoms with van der Waals surface area (Å²) in [6.45, 7) is 0. The lowest BCUT2D eigenvalue weighted by Gasteiger charge is -2.13. The first-order valence-electron chi connectivity index (χ1n) is 4.91. The molecule has 1 N–H and O–H groups in total. The van der Waals surface area contributed by atoms with E-state index in [0.29, 0.717) is 11.1 Å². The summed E-state index contributed by atoms with van der Waals surface area (Å²) in [7, 11) is 7.74. The number of nitrogens with one attached hydrogen (secondary N) is 1. The van der Waals surface area contributed by atoms with Crippen LogP contribution in [-0.2, 0) is 0 Å². The van der Waals surface area contributed by atoms with E-state index in [1.807, 2.05) is 31.4 Å². The van der Waals surface area contributed by atoms with Gasteiger partial charge < -0.3 is 0 Å². The van der Waals surface area contributed by atoms with Gasteiger partial charge in [0.05, 0.1) is 0 Å². The zero-order valence-corrected chi connectivity index (χ0v) is 9.32. The maximum atomic E-state index is 11.6. The number of carbonyl (C=O) groups is 2. The molecule has 1 aromatic rings. The SMILES string of the molecule is Bc1c(B)c(B)c2c(c1B)C(=O)NC2=O. The third-order valence-corrected chi connectivity index (χ3v) is 3.37. The van der Waals surface area contributed by atoms with Gasteiger partial charge in [0.2, 0.25) is 0 Å². The van der Waals surface area contributed by atoms with Gasteiger partial charge in [0.15, 0.2) is 0 Å². The largest absolute Gasteiger partial charge is 0.288 e. The van der Waals surface area contributed by atoms with Crippen LogP contribution in [0.25, 0.3) is 0 Å². The van der Waals surface area contributed by atoms with Crippen LogP contribution in [0.2, 0.25) is 0 Å². The van der Waals surface area contributed by atoms with Crippen molar-refractivity contribution in [3.05, 3.63) is 11.1 Å². The number of carbonyl (C=O) groups excluding carboxylic acids is 2. The second-order valence-electron chi connectivity index (χ2n) is 4.03. The maximum Gasteiger partial charge on any atom is 0.258 e. The highest BCUT2D eigenvalue weighted by Crippen LogP contribution is 2.08. The fourth-order valence-electron chi connectivity index (χ4n) is 2.11. The number of hydrogen-bond donors (Lipinski definition) is 1. The predicted octanol–water partition coefficient (Wildman–Crippen LogP) is -6.40. The average Bonchev–Trinajstić information content (AvgIpc) is 2.47. The van der Waals surface area contributed by atoms with Crippen molar-refractivity contribution in [1.82, 2.24) is 5.32 Å². The summed E-state index contributed by atoms with van der Waals surface area (Å²) in [5.74, 6) is -0.530. The molecule has 0 spiro atoms. The van der Waals surface area contributed by atoms with Gasteiger partial charge in [-0.2, -0.15) is 0 Å². The standard InChI is InChI=1S/C8H9B4NO2/c9-3-1-2(8(15)13-7(1)14)4(10)6(12)5(3)11/h9-12H2,(H,13,14,15). The average molecular weight is 194 g/mol. The fraction of sp³-hybridized carbons (Fsp3) is 0. The Morgan fingerprint density at radius 3 is 1.33 bits per heavy atom. The molecule has 2 amide bonds. The van der Waals surface area contributed by atoms with Crippen LogP contribution in [0.4, 0.5) is 0 Å². The molecule has 0 unspecified atom stereocenters. The molecule has 1 aromatic carbocycles. The summed E-state index contributed by atoms with van der Waals surface area (Å²) in [4.78, 5) is 23.2. The lowest BCUT2D eigenvalue weighted by atomic mass is 9.63. The molecule has 0 atom stereocenters. The van der Waals surface area contributed by atoms with Gasteiger partial charge in [-0.25, -0.2) is 0 Å². The molecule has 70 valence electrons. The van der Waals surface area contributed by atoms with Crippen LogP contribution in [0.3, 0.4) is 0 Å². The van der Waals surface area contributed by atoms with Crippen molar-refractivity contribution >= 4 is 65.1 Å². The van der Waals surface area contributed by atoms with Crippen LogP contribution >= 0.6 is 0 Å². The summed E-state index contributed by atoms with van der Waals surface area (Å²) < 4.78 is 0. The zero-order valence-electron chi connectivity index (χ0n) is 9.32. The molecule has 0 bridgehead atoms. The molecule has 0 aliphatic carbocycles. The quantitative estimate of drug-likeness (QED) is 0.330. The van der Waals surface area contributed by atoms with E-state index in [9.17, 15) is 9.59 Å². The Morgan fingerprint density at radius 2 is 1.00 bits per heavy atom. The molecule has 1 heterocycles. The first-order chi connectivity index (χ1) is 6.95. The Hall–Kier alpha value is -1.38. The second-order valence-corrected chi connectivity index (χ2v) is 4.03. The van der Waals surface area contributed by atoms with Crippen molar-refractivity contribution in [2.24, 2.45) is 0 Å². The molecule has 7 heteroatoms. The number of rotatable bonds is 0. The Labute approximate surface area is 91.6 Å². The number of benzene rings is 1. The van der Waals surface area contributed by atoms with Gasteiger partial charge in [-0.3, -0.25) is 14.9 Å². The van der Waals surface area contributed by atoms with E-state index >= 15 is 0 Å². The molecular formula is C8H9B4NO2. The number of imide groups is 1. The molecule has 0 radical (unpaired) electrons. The molecule has 3 nitrogen and oxygen atoms in total. The van der Waals surface area contributed by atoms with E-state index in [2.05, 4.69) is 5.32 Å². The number of fused-ring (bicyclic) bond motifs is 1. The smallest absolute Gasteiger partial charge is 0.258 e. The van der Waals surface area contributed by atoms with Crippen LogP contribution in [0.5, 0.6) is 0 Å². The van der Waals surface area contributed by atoms with Gasteiger partial charge in [0.25, 0.3) is 11.8 Å². The van der Waals surface area contributed by atoms with Gasteiger partial charge in [-0.1, -0.05) is 10.9 Å². The van der Waals surface area contributed by atoms with E-state index in [4.69, 9.17) is 0 Å². The molecule has 0 aromatic heterocycles. The van der Waals surface area contributed by atoms with Crippen molar-refractivity contribution < 1.29 is 9.59 Å². The second kappa shape index (κ2) is 3.05. The van der Waals surface area contributed by atoms with E-state index in [0.717, 1.165) is 21.9 Å². The van der Waals surface area contributed by atoms with Gasteiger partial charge in [0.1, 0.15) is 31.4 Å². The molecule has 0 fully saturated rings. The minimum Gasteiger partial charge on any atom is -0.288 e. The first kappa shape index (κ1) is 10.1. The third kappa shape index (κ3) is 1.19. The highest BCUT2D eigenvalue weighted by Gasteiger charge is 2.31. The lowest BCUT2D eigenvalue weighted by molar-refractivity contribution is 0.0880. The first-order valence-corrected chi connectivity index (χ1v) is 4.91. The van der Waals surface area contributed by atoms with Crippen LogP contribution in [0.15, 0.2) is 0 Å². The van der Waals surface area contributed by atoms with Gasteiger partial charge in [0, 0.05) is 11.1 Å². The molecule has 0 saturated heterocycles. The number of hydrogen-bond acceptors (Lipinski definition) is 2. The van der Waals surface area contributed by atoms with Crippen molar-refractivity contribution in [1.29, 1.82) is 0 Å². The highest BCUT2D eigenvalue weighted by molar-refractivity contribution is 6.65. The van der Waals surface area contributed by atoms with Gasteiger partial charge in [-0.15, -0.1) is 10.9 Å². The monoisotopic (exact) mass is 195 g/mol. The Balaban J connectivity index is 2.92. The molecule has 1 aliphatic heterocycles. The van der Waals surface area contributed by atoms with Gasteiger partial charge >= 0.3 is 0 Å². The van der Waals surface area contributed by atoms with Crippen molar-refractivity contribution in [3.63, 3.8) is 0 Å².